The highest BCUT2D eigenvalue weighted by Crippen LogP contribution is 2.50. The zero-order valence-electron chi connectivity index (χ0n) is 18.9. The molecule has 4 rings (SSSR count). The Balaban J connectivity index is 1.24. The molecule has 1 saturated heterocycles. The van der Waals surface area contributed by atoms with Crippen LogP contribution in [0.5, 0.6) is 5.75 Å². The minimum Gasteiger partial charge on any atom is -0.490 e. The van der Waals surface area contributed by atoms with E-state index in [0.717, 1.165) is 31.2 Å². The second-order valence-electron chi connectivity index (χ2n) is 9.77. The lowest BCUT2D eigenvalue weighted by atomic mass is 9.94. The Labute approximate surface area is 194 Å². The van der Waals surface area contributed by atoms with E-state index in [1.54, 1.807) is 12.1 Å². The molecule has 1 aromatic carbocycles. The first-order valence-corrected chi connectivity index (χ1v) is 13.7. The summed E-state index contributed by atoms with van der Waals surface area (Å²) in [4.78, 5) is 22.9. The molecule has 1 N–H and O–H groups in total. The molecule has 180 valence electrons. The van der Waals surface area contributed by atoms with Gasteiger partial charge >= 0.3 is 0 Å². The molecule has 1 atom stereocenters. The van der Waals surface area contributed by atoms with Crippen LogP contribution in [0.2, 0.25) is 0 Å². The Bertz CT molecular complexity index is 1030. The van der Waals surface area contributed by atoms with E-state index in [1.807, 2.05) is 12.2 Å². The van der Waals surface area contributed by atoms with E-state index >= 15 is 0 Å². The van der Waals surface area contributed by atoms with Crippen molar-refractivity contribution in [2.24, 2.45) is 11.8 Å². The molecule has 0 radical (unpaired) electrons. The van der Waals surface area contributed by atoms with Crippen LogP contribution in [-0.4, -0.2) is 38.3 Å². The number of carbonyl (C=O) groups is 2. The van der Waals surface area contributed by atoms with Crippen molar-refractivity contribution in [3.05, 3.63) is 41.7 Å². The molecular formula is C25H32FNO5S. The van der Waals surface area contributed by atoms with Gasteiger partial charge in [0.2, 0.25) is 11.8 Å². The SMILES string of the molecule is O=C1CCC(C/C=C/CCCS(=O)(=O)CC2(c3ccc(F)c(OCC4CC4)c3)CC2)C(=O)N1. The number of hydrogen-bond donors (Lipinski definition) is 1. The molecule has 2 aliphatic carbocycles. The minimum atomic E-state index is -3.26. The first kappa shape index (κ1) is 23.9. The summed E-state index contributed by atoms with van der Waals surface area (Å²) < 4.78 is 45.3. The third-order valence-electron chi connectivity index (χ3n) is 6.83. The lowest BCUT2D eigenvalue weighted by Crippen LogP contribution is -2.40. The number of benzene rings is 1. The average molecular weight is 478 g/mol. The van der Waals surface area contributed by atoms with Gasteiger partial charge < -0.3 is 4.74 Å². The van der Waals surface area contributed by atoms with Crippen molar-refractivity contribution in [1.82, 2.24) is 5.32 Å². The normalized spacial score (nSPS) is 22.4. The summed E-state index contributed by atoms with van der Waals surface area (Å²) in [6.45, 7) is 0.517. The van der Waals surface area contributed by atoms with Crippen molar-refractivity contribution in [3.63, 3.8) is 0 Å². The third-order valence-corrected chi connectivity index (χ3v) is 8.73. The maximum Gasteiger partial charge on any atom is 0.229 e. The van der Waals surface area contributed by atoms with Crippen LogP contribution >= 0.6 is 0 Å². The first-order chi connectivity index (χ1) is 15.8. The number of piperidine rings is 1. The quantitative estimate of drug-likeness (QED) is 0.281. The average Bonchev–Trinajstić information content (AvgIpc) is 3.68. The number of rotatable bonds is 12. The Morgan fingerprint density at radius 2 is 1.94 bits per heavy atom. The molecule has 1 heterocycles. The van der Waals surface area contributed by atoms with Crippen LogP contribution in [0.15, 0.2) is 30.4 Å². The predicted octanol–water partition coefficient (Wildman–Crippen LogP) is 3.84. The predicted molar refractivity (Wildman–Crippen MR) is 123 cm³/mol. The lowest BCUT2D eigenvalue weighted by molar-refractivity contribution is -0.136. The molecule has 8 heteroatoms. The fourth-order valence-electron chi connectivity index (χ4n) is 4.36. The molecule has 1 aliphatic heterocycles. The summed E-state index contributed by atoms with van der Waals surface area (Å²) in [5, 5.41) is 2.34. The molecule has 33 heavy (non-hydrogen) atoms. The van der Waals surface area contributed by atoms with Crippen LogP contribution in [0.4, 0.5) is 4.39 Å². The molecule has 0 spiro atoms. The number of allylic oxidation sites excluding steroid dienone is 2. The number of nitrogens with one attached hydrogen (secondary N) is 1. The van der Waals surface area contributed by atoms with Crippen LogP contribution in [0.3, 0.4) is 0 Å². The van der Waals surface area contributed by atoms with Gasteiger partial charge in [0.25, 0.3) is 0 Å². The maximum absolute atomic E-state index is 14.1. The van der Waals surface area contributed by atoms with E-state index < -0.39 is 21.1 Å². The van der Waals surface area contributed by atoms with Gasteiger partial charge in [-0.15, -0.1) is 0 Å². The van der Waals surface area contributed by atoms with Crippen LogP contribution in [0, 0.1) is 17.7 Å². The van der Waals surface area contributed by atoms with Crippen LogP contribution < -0.4 is 10.1 Å². The smallest absolute Gasteiger partial charge is 0.229 e. The molecule has 1 aromatic rings. The van der Waals surface area contributed by atoms with Gasteiger partial charge in [0.15, 0.2) is 21.4 Å². The lowest BCUT2D eigenvalue weighted by Gasteiger charge is -2.19. The highest BCUT2D eigenvalue weighted by Gasteiger charge is 2.47. The zero-order valence-corrected chi connectivity index (χ0v) is 19.7. The number of amides is 2. The van der Waals surface area contributed by atoms with Gasteiger partial charge in [-0.25, -0.2) is 12.8 Å². The van der Waals surface area contributed by atoms with Gasteiger partial charge in [0, 0.05) is 17.8 Å². The number of sulfone groups is 1. The van der Waals surface area contributed by atoms with Crippen molar-refractivity contribution in [2.75, 3.05) is 18.1 Å². The molecule has 2 amide bonds. The van der Waals surface area contributed by atoms with Crippen LogP contribution in [0.1, 0.15) is 63.4 Å². The number of imide groups is 1. The van der Waals surface area contributed by atoms with Gasteiger partial charge in [-0.05, 0) is 75.0 Å². The van der Waals surface area contributed by atoms with E-state index in [2.05, 4.69) is 5.32 Å². The molecule has 3 aliphatic rings. The number of ether oxygens (including phenoxy) is 1. The second kappa shape index (κ2) is 9.95. The van der Waals surface area contributed by atoms with Crippen molar-refractivity contribution in [2.45, 2.75) is 63.2 Å². The highest BCUT2D eigenvalue weighted by molar-refractivity contribution is 7.91. The monoisotopic (exact) mass is 477 g/mol. The van der Waals surface area contributed by atoms with Crippen molar-refractivity contribution < 1.29 is 27.1 Å². The highest BCUT2D eigenvalue weighted by atomic mass is 32.2. The van der Waals surface area contributed by atoms with Crippen LogP contribution in [0.25, 0.3) is 0 Å². The number of halogens is 1. The van der Waals surface area contributed by atoms with Crippen LogP contribution in [-0.2, 0) is 24.8 Å². The summed E-state index contributed by atoms with van der Waals surface area (Å²) >= 11 is 0. The fourth-order valence-corrected chi connectivity index (χ4v) is 6.41. The van der Waals surface area contributed by atoms with Crippen molar-refractivity contribution in [3.8, 4) is 5.75 Å². The standard InChI is InChI=1S/C25H32FNO5S/c26-21-10-9-20(15-22(21)32-16-18-6-7-18)25(12-13-25)17-33(30,31)14-4-2-1-3-5-19-8-11-23(28)27-24(19)29/h1,3,9-10,15,18-19H,2,4-8,11-14,16-17H2,(H,27,28,29)/b3-1+. The summed E-state index contributed by atoms with van der Waals surface area (Å²) in [6, 6.07) is 4.77. The third kappa shape index (κ3) is 6.65. The molecule has 0 bridgehead atoms. The summed E-state index contributed by atoms with van der Waals surface area (Å²) in [5.41, 5.74) is 0.425. The zero-order chi connectivity index (χ0) is 23.5. The van der Waals surface area contributed by atoms with Gasteiger partial charge in [0.1, 0.15) is 0 Å². The molecule has 0 aromatic heterocycles. The van der Waals surface area contributed by atoms with E-state index in [4.69, 9.17) is 4.74 Å². The number of unbranched alkanes of at least 4 members (excludes halogenated alkanes) is 1. The molecular weight excluding hydrogens is 445 g/mol. The van der Waals surface area contributed by atoms with E-state index in [9.17, 15) is 22.4 Å². The summed E-state index contributed by atoms with van der Waals surface area (Å²) in [7, 11) is -3.26. The molecule has 3 fully saturated rings. The largest absolute Gasteiger partial charge is 0.490 e. The van der Waals surface area contributed by atoms with Gasteiger partial charge in [-0.3, -0.25) is 14.9 Å². The Kier molecular flexibility index (Phi) is 7.22. The van der Waals surface area contributed by atoms with Gasteiger partial charge in [-0.2, -0.15) is 0 Å². The Hall–Kier alpha value is -2.22. The van der Waals surface area contributed by atoms with E-state index in [-0.39, 0.29) is 35.0 Å². The molecule has 2 saturated carbocycles. The maximum atomic E-state index is 14.1. The molecule has 1 unspecified atom stereocenters. The van der Waals surface area contributed by atoms with E-state index in [1.165, 1.54) is 6.07 Å². The van der Waals surface area contributed by atoms with E-state index in [0.29, 0.717) is 44.6 Å². The topological polar surface area (TPSA) is 89.5 Å². The van der Waals surface area contributed by atoms with Gasteiger partial charge in [-0.1, -0.05) is 18.2 Å². The Morgan fingerprint density at radius 3 is 2.64 bits per heavy atom. The second-order valence-corrected chi connectivity index (χ2v) is 12.0. The van der Waals surface area contributed by atoms with Gasteiger partial charge in [0.05, 0.1) is 18.1 Å². The Morgan fingerprint density at radius 1 is 1.15 bits per heavy atom. The summed E-state index contributed by atoms with van der Waals surface area (Å²) in [5.74, 6) is -0.118. The number of hydrogen-bond acceptors (Lipinski definition) is 5. The van der Waals surface area contributed by atoms with Crippen molar-refractivity contribution in [1.29, 1.82) is 0 Å². The minimum absolute atomic E-state index is 0.0771. The first-order valence-electron chi connectivity index (χ1n) is 11.9. The molecule has 6 nitrogen and oxygen atoms in total. The fraction of sp³-hybridized carbons (Fsp3) is 0.600. The van der Waals surface area contributed by atoms with Crippen molar-refractivity contribution >= 4 is 21.7 Å². The summed E-state index contributed by atoms with van der Waals surface area (Å²) in [6.07, 6.45) is 10.2. The number of carbonyl (C=O) groups excluding carboxylic acids is 2.